The molecule has 0 radical (unpaired) electrons. The Morgan fingerprint density at radius 1 is 1.20 bits per heavy atom. The van der Waals surface area contributed by atoms with Gasteiger partial charge in [0.05, 0.1) is 0 Å². The first-order chi connectivity index (χ1) is 11.6. The van der Waals surface area contributed by atoms with Gasteiger partial charge in [-0.2, -0.15) is 0 Å². The van der Waals surface area contributed by atoms with Gasteiger partial charge in [0, 0.05) is 0 Å². The van der Waals surface area contributed by atoms with Crippen molar-refractivity contribution in [2.45, 2.75) is 69.0 Å². The average Bonchev–Trinajstić information content (AvgIpc) is 3.02. The van der Waals surface area contributed by atoms with Crippen molar-refractivity contribution in [3.8, 4) is 0 Å². The number of ether oxygens (including phenoxy) is 2. The van der Waals surface area contributed by atoms with Crippen LogP contribution in [0.4, 0.5) is 0 Å². The number of hydrogen-bond donors (Lipinski definition) is 0. The summed E-state index contributed by atoms with van der Waals surface area (Å²) in [6.07, 6.45) is 6.43. The second-order valence-electron chi connectivity index (χ2n) is 10.6. The van der Waals surface area contributed by atoms with Crippen LogP contribution in [0.25, 0.3) is 0 Å². The topological polar surface area (TPSA) is 35.5 Å². The number of carbonyl (C=O) groups excluding carboxylic acids is 1. The molecule has 4 heteroatoms. The summed E-state index contributed by atoms with van der Waals surface area (Å²) in [6.45, 7) is 10.3. The molecule has 0 bridgehead atoms. The van der Waals surface area contributed by atoms with Gasteiger partial charge in [0.2, 0.25) is 0 Å². The molecule has 2 saturated carbocycles. The molecular formula is C21H36GeO3. The van der Waals surface area contributed by atoms with Crippen molar-refractivity contribution in [2.75, 3.05) is 13.2 Å². The summed E-state index contributed by atoms with van der Waals surface area (Å²) in [5.74, 6) is 8.75. The SMILES string of the molecule is C=[C](CC[C@H]1[C@@H]2CC3(C[C@@H]2C[C@@H]1C=O)OCC(C)(C)CO3)[Ge]([CH3])([CH3])[CH3]. The maximum absolute atomic E-state index is 11.7. The fraction of sp³-hybridized carbons (Fsp3) is 0.857. The number of aldehydes is 1. The number of hydrogen-bond acceptors (Lipinski definition) is 3. The molecule has 142 valence electrons. The van der Waals surface area contributed by atoms with Gasteiger partial charge in [0.25, 0.3) is 0 Å². The second-order valence-corrected chi connectivity index (χ2v) is 21.5. The van der Waals surface area contributed by atoms with Crippen LogP contribution >= 0.6 is 0 Å². The van der Waals surface area contributed by atoms with Crippen LogP contribution in [0, 0.1) is 29.1 Å². The van der Waals surface area contributed by atoms with Crippen LogP contribution in [0.2, 0.25) is 17.3 Å². The first kappa shape index (κ1) is 19.6. The van der Waals surface area contributed by atoms with E-state index in [1.165, 1.54) is 10.7 Å². The van der Waals surface area contributed by atoms with Crippen LogP contribution in [0.1, 0.15) is 46.0 Å². The van der Waals surface area contributed by atoms with E-state index in [1.807, 2.05) is 0 Å². The molecule has 3 nitrogen and oxygen atoms in total. The molecule has 1 spiro atoms. The van der Waals surface area contributed by atoms with Crippen molar-refractivity contribution in [3.05, 3.63) is 11.0 Å². The molecule has 3 aliphatic rings. The third kappa shape index (κ3) is 4.09. The van der Waals surface area contributed by atoms with Crippen molar-refractivity contribution in [2.24, 2.45) is 29.1 Å². The van der Waals surface area contributed by atoms with Gasteiger partial charge in [-0.05, 0) is 0 Å². The molecular weight excluding hydrogens is 373 g/mol. The molecule has 1 saturated heterocycles. The Morgan fingerprint density at radius 3 is 2.40 bits per heavy atom. The number of allylic oxidation sites excluding steroid dienone is 1. The van der Waals surface area contributed by atoms with Gasteiger partial charge in [-0.1, -0.05) is 0 Å². The van der Waals surface area contributed by atoms with Gasteiger partial charge in [-0.15, -0.1) is 0 Å². The summed E-state index contributed by atoms with van der Waals surface area (Å²) in [6, 6.07) is 0. The van der Waals surface area contributed by atoms with Gasteiger partial charge in [-0.3, -0.25) is 0 Å². The molecule has 0 aromatic rings. The zero-order valence-corrected chi connectivity index (χ0v) is 18.9. The molecule has 0 aromatic heterocycles. The summed E-state index contributed by atoms with van der Waals surface area (Å²) in [4.78, 5) is 11.7. The minimum absolute atomic E-state index is 0.115. The summed E-state index contributed by atoms with van der Waals surface area (Å²) >= 11 is -1.79. The van der Waals surface area contributed by atoms with Crippen molar-refractivity contribution in [1.29, 1.82) is 0 Å². The maximum atomic E-state index is 11.7. The zero-order valence-electron chi connectivity index (χ0n) is 16.8. The average molecular weight is 409 g/mol. The predicted molar refractivity (Wildman–Crippen MR) is 104 cm³/mol. The van der Waals surface area contributed by atoms with Gasteiger partial charge in [0.1, 0.15) is 0 Å². The first-order valence-corrected chi connectivity index (χ1v) is 17.3. The number of fused-ring (bicyclic) bond motifs is 1. The van der Waals surface area contributed by atoms with E-state index in [0.29, 0.717) is 17.8 Å². The van der Waals surface area contributed by atoms with Gasteiger partial charge in [-0.25, -0.2) is 0 Å². The Labute approximate surface area is 156 Å². The Hall–Kier alpha value is -0.127. The van der Waals surface area contributed by atoms with Gasteiger partial charge >= 0.3 is 156 Å². The molecule has 1 heterocycles. The normalized spacial score (nSPS) is 36.4. The van der Waals surface area contributed by atoms with Crippen LogP contribution < -0.4 is 0 Å². The summed E-state index contributed by atoms with van der Waals surface area (Å²) < 4.78 is 14.0. The fourth-order valence-electron chi connectivity index (χ4n) is 5.03. The molecule has 3 fully saturated rings. The van der Waals surface area contributed by atoms with E-state index < -0.39 is 13.3 Å². The molecule has 1 aliphatic heterocycles. The van der Waals surface area contributed by atoms with Crippen molar-refractivity contribution >= 4 is 19.6 Å². The van der Waals surface area contributed by atoms with Crippen LogP contribution in [0.5, 0.6) is 0 Å². The zero-order chi connectivity index (χ0) is 18.5. The molecule has 3 rings (SSSR count). The Morgan fingerprint density at radius 2 is 1.84 bits per heavy atom. The Balaban J connectivity index is 1.65. The van der Waals surface area contributed by atoms with Crippen LogP contribution in [0.15, 0.2) is 11.0 Å². The second kappa shape index (κ2) is 6.79. The standard InChI is InChI=1S/C21H36GeO3/c1-15(22(4,5)6)7-8-18-17(12-23)9-16-10-21(11-19(16)18)24-13-20(2,3)14-25-21/h12,16-19H,1,7-11,13-14H2,2-6H3/t16-,17+,18+,19+/m0/s1. The summed E-state index contributed by atoms with van der Waals surface area (Å²) in [5.41, 5.74) is 0.115. The third-order valence-corrected chi connectivity index (χ3v) is 11.8. The minimum atomic E-state index is -1.79. The fourth-order valence-corrected chi connectivity index (χ4v) is 6.91. The van der Waals surface area contributed by atoms with E-state index in [4.69, 9.17) is 9.47 Å². The summed E-state index contributed by atoms with van der Waals surface area (Å²) in [5, 5.41) is 0. The molecule has 0 unspecified atom stereocenters. The first-order valence-electron chi connectivity index (χ1n) is 9.97. The van der Waals surface area contributed by atoms with Crippen molar-refractivity contribution < 1.29 is 14.3 Å². The monoisotopic (exact) mass is 410 g/mol. The van der Waals surface area contributed by atoms with Crippen molar-refractivity contribution in [1.82, 2.24) is 0 Å². The summed E-state index contributed by atoms with van der Waals surface area (Å²) in [7, 11) is 0. The van der Waals surface area contributed by atoms with E-state index in [2.05, 4.69) is 37.7 Å². The Kier molecular flexibility index (Phi) is 5.34. The predicted octanol–water partition coefficient (Wildman–Crippen LogP) is 4.83. The van der Waals surface area contributed by atoms with E-state index in [1.54, 1.807) is 0 Å². The Bertz CT molecular complexity index is 524. The van der Waals surface area contributed by atoms with E-state index in [9.17, 15) is 4.79 Å². The van der Waals surface area contributed by atoms with Crippen LogP contribution in [-0.4, -0.2) is 38.6 Å². The van der Waals surface area contributed by atoms with Gasteiger partial charge < -0.3 is 0 Å². The molecule has 2 aliphatic carbocycles. The van der Waals surface area contributed by atoms with E-state index in [-0.39, 0.29) is 17.1 Å². The molecule has 0 amide bonds. The quantitative estimate of drug-likeness (QED) is 0.482. The van der Waals surface area contributed by atoms with Gasteiger partial charge in [0.15, 0.2) is 0 Å². The van der Waals surface area contributed by atoms with Crippen LogP contribution in [-0.2, 0) is 14.3 Å². The van der Waals surface area contributed by atoms with E-state index >= 15 is 0 Å². The number of carbonyl (C=O) groups is 1. The number of rotatable bonds is 5. The van der Waals surface area contributed by atoms with Crippen molar-refractivity contribution in [3.63, 3.8) is 0 Å². The van der Waals surface area contributed by atoms with Crippen LogP contribution in [0.3, 0.4) is 0 Å². The molecule has 4 atom stereocenters. The third-order valence-electron chi connectivity index (χ3n) is 6.87. The molecule has 0 aromatic carbocycles. The van der Waals surface area contributed by atoms with E-state index in [0.717, 1.165) is 45.3 Å². The molecule has 25 heavy (non-hydrogen) atoms. The molecule has 0 N–H and O–H groups in total.